The quantitative estimate of drug-likeness (QED) is 0.309. The molecule has 4 aromatic rings. The standard InChI is InChI=1S/C29H29N7O4/c1-6-23(37)10-19-9-18(20-15-31-34(2)16-20)7-8-26(19)32-28-30-14-21-17-36(29(38)35(3)27(21)33-28)22-11-24(39-4)13-25(12-22)40-5/h6-9,11-16H,1,10,17H2,2-5H3,(H,30,32,33). The van der Waals surface area contributed by atoms with Crippen LogP contribution in [0.5, 0.6) is 11.5 Å². The lowest BCUT2D eigenvalue weighted by Crippen LogP contribution is -2.46. The summed E-state index contributed by atoms with van der Waals surface area (Å²) in [7, 11) is 6.64. The molecular formula is C29H29N7O4. The van der Waals surface area contributed by atoms with Crippen LogP contribution in [0.2, 0.25) is 0 Å². The zero-order chi connectivity index (χ0) is 28.4. The maximum Gasteiger partial charge on any atom is 0.330 e. The summed E-state index contributed by atoms with van der Waals surface area (Å²) < 4.78 is 12.5. The molecule has 0 saturated carbocycles. The van der Waals surface area contributed by atoms with Gasteiger partial charge in [0.1, 0.15) is 17.3 Å². The van der Waals surface area contributed by atoms with E-state index in [9.17, 15) is 9.59 Å². The Morgan fingerprint density at radius 3 is 2.48 bits per heavy atom. The van der Waals surface area contributed by atoms with Crippen molar-refractivity contribution in [3.05, 3.63) is 78.8 Å². The second-order valence-electron chi connectivity index (χ2n) is 9.29. The van der Waals surface area contributed by atoms with E-state index >= 15 is 0 Å². The molecule has 1 N–H and O–H groups in total. The van der Waals surface area contributed by atoms with Crippen molar-refractivity contribution in [3.63, 3.8) is 0 Å². The SMILES string of the molecule is C=CC(=O)Cc1cc(-c2cnn(C)c2)ccc1Nc1ncc2c(n1)N(C)C(=O)N(c1cc(OC)cc(OC)c1)C2. The molecule has 11 nitrogen and oxygen atoms in total. The van der Waals surface area contributed by atoms with Gasteiger partial charge in [0.2, 0.25) is 5.95 Å². The molecule has 0 saturated heterocycles. The molecule has 0 radical (unpaired) electrons. The summed E-state index contributed by atoms with van der Waals surface area (Å²) in [4.78, 5) is 37.9. The summed E-state index contributed by atoms with van der Waals surface area (Å²) in [5.74, 6) is 1.83. The zero-order valence-electron chi connectivity index (χ0n) is 22.7. The summed E-state index contributed by atoms with van der Waals surface area (Å²) in [5.41, 5.74) is 4.70. The van der Waals surface area contributed by atoms with Gasteiger partial charge in [-0.05, 0) is 29.3 Å². The van der Waals surface area contributed by atoms with Crippen LogP contribution in [0.25, 0.3) is 11.1 Å². The molecule has 5 rings (SSSR count). The van der Waals surface area contributed by atoms with Crippen molar-refractivity contribution < 1.29 is 19.1 Å². The van der Waals surface area contributed by atoms with E-state index in [0.717, 1.165) is 22.3 Å². The summed E-state index contributed by atoms with van der Waals surface area (Å²) in [6, 6.07) is 10.8. The molecule has 0 bridgehead atoms. The summed E-state index contributed by atoms with van der Waals surface area (Å²) in [6.07, 6.45) is 6.83. The van der Waals surface area contributed by atoms with Crippen molar-refractivity contribution in [2.24, 2.45) is 7.05 Å². The third-order valence-corrected chi connectivity index (χ3v) is 6.64. The maximum atomic E-state index is 13.4. The van der Waals surface area contributed by atoms with Gasteiger partial charge in [-0.25, -0.2) is 9.78 Å². The first-order chi connectivity index (χ1) is 19.3. The Morgan fingerprint density at radius 1 is 1.07 bits per heavy atom. The molecule has 3 heterocycles. The molecule has 1 aliphatic heterocycles. The fourth-order valence-corrected chi connectivity index (χ4v) is 4.51. The van der Waals surface area contributed by atoms with Gasteiger partial charge >= 0.3 is 6.03 Å². The van der Waals surface area contributed by atoms with Gasteiger partial charge in [-0.3, -0.25) is 19.3 Å². The fraction of sp³-hybridized carbons (Fsp3) is 0.207. The number of carbonyl (C=O) groups excluding carboxylic acids is 2. The molecule has 0 aliphatic carbocycles. The van der Waals surface area contributed by atoms with E-state index in [1.54, 1.807) is 61.4 Å². The highest BCUT2D eigenvalue weighted by atomic mass is 16.5. The Balaban J connectivity index is 1.44. The molecule has 2 aromatic carbocycles. The number of fused-ring (bicyclic) bond motifs is 1. The number of methoxy groups -OCH3 is 2. The van der Waals surface area contributed by atoms with Crippen LogP contribution in [0.1, 0.15) is 11.1 Å². The lowest BCUT2D eigenvalue weighted by molar-refractivity contribution is -0.114. The van der Waals surface area contributed by atoms with Crippen molar-refractivity contribution in [1.29, 1.82) is 0 Å². The number of hydrogen-bond donors (Lipinski definition) is 1. The normalized spacial score (nSPS) is 12.7. The smallest absolute Gasteiger partial charge is 0.330 e. The lowest BCUT2D eigenvalue weighted by Gasteiger charge is -2.34. The van der Waals surface area contributed by atoms with Gasteiger partial charge in [-0.15, -0.1) is 0 Å². The Bertz CT molecular complexity index is 1590. The average molecular weight is 540 g/mol. The van der Waals surface area contributed by atoms with E-state index in [0.29, 0.717) is 34.6 Å². The minimum absolute atomic E-state index is 0.114. The Kier molecular flexibility index (Phi) is 7.19. The van der Waals surface area contributed by atoms with Crippen molar-refractivity contribution in [1.82, 2.24) is 19.7 Å². The number of amides is 2. The number of urea groups is 1. The van der Waals surface area contributed by atoms with Crippen LogP contribution in [0.3, 0.4) is 0 Å². The Hall–Kier alpha value is -5.19. The van der Waals surface area contributed by atoms with E-state index in [1.165, 1.54) is 11.0 Å². The highest BCUT2D eigenvalue weighted by Gasteiger charge is 2.31. The van der Waals surface area contributed by atoms with Crippen molar-refractivity contribution >= 4 is 35.0 Å². The molecule has 0 fully saturated rings. The topological polar surface area (TPSA) is 115 Å². The van der Waals surface area contributed by atoms with Crippen LogP contribution in [0.15, 0.2) is 67.6 Å². The van der Waals surface area contributed by atoms with Gasteiger partial charge in [0, 0.05) is 67.9 Å². The van der Waals surface area contributed by atoms with Crippen LogP contribution >= 0.6 is 0 Å². The number of rotatable bonds is 9. The summed E-state index contributed by atoms with van der Waals surface area (Å²) >= 11 is 0. The van der Waals surface area contributed by atoms with E-state index in [2.05, 4.69) is 27.0 Å². The van der Waals surface area contributed by atoms with Gasteiger partial charge in [-0.2, -0.15) is 10.1 Å². The van der Waals surface area contributed by atoms with Crippen LogP contribution in [0.4, 0.5) is 27.9 Å². The minimum Gasteiger partial charge on any atom is -0.497 e. The Morgan fingerprint density at radius 2 is 1.82 bits per heavy atom. The number of carbonyl (C=O) groups is 2. The van der Waals surface area contributed by atoms with E-state index in [4.69, 9.17) is 9.47 Å². The molecule has 0 atom stereocenters. The molecule has 0 unspecified atom stereocenters. The van der Waals surface area contributed by atoms with Crippen LogP contribution in [-0.4, -0.2) is 52.8 Å². The maximum absolute atomic E-state index is 13.4. The number of nitrogens with one attached hydrogen (secondary N) is 1. The first-order valence-electron chi connectivity index (χ1n) is 12.5. The monoisotopic (exact) mass is 539 g/mol. The average Bonchev–Trinajstić information content (AvgIpc) is 3.41. The number of hydrogen-bond acceptors (Lipinski definition) is 8. The van der Waals surface area contributed by atoms with Gasteiger partial charge in [0.25, 0.3) is 0 Å². The number of ketones is 1. The second kappa shape index (κ2) is 10.9. The minimum atomic E-state index is -0.259. The van der Waals surface area contributed by atoms with Gasteiger partial charge < -0.3 is 14.8 Å². The molecule has 0 spiro atoms. The summed E-state index contributed by atoms with van der Waals surface area (Å²) in [5, 5.41) is 7.47. The van der Waals surface area contributed by atoms with Crippen LogP contribution < -0.4 is 24.6 Å². The first-order valence-corrected chi connectivity index (χ1v) is 12.5. The van der Waals surface area contributed by atoms with Crippen LogP contribution in [-0.2, 0) is 24.8 Å². The third kappa shape index (κ3) is 5.21. The molecule has 1 aliphatic rings. The van der Waals surface area contributed by atoms with Gasteiger partial charge in [-0.1, -0.05) is 12.6 Å². The number of ether oxygens (including phenoxy) is 2. The van der Waals surface area contributed by atoms with Crippen molar-refractivity contribution in [2.45, 2.75) is 13.0 Å². The highest BCUT2D eigenvalue weighted by molar-refractivity contribution is 6.05. The van der Waals surface area contributed by atoms with E-state index < -0.39 is 0 Å². The molecule has 11 heteroatoms. The van der Waals surface area contributed by atoms with Crippen molar-refractivity contribution in [2.75, 3.05) is 36.4 Å². The summed E-state index contributed by atoms with van der Waals surface area (Å²) in [6.45, 7) is 3.87. The van der Waals surface area contributed by atoms with E-state index in [1.807, 2.05) is 31.4 Å². The molecule has 2 amide bonds. The lowest BCUT2D eigenvalue weighted by atomic mass is 10.0. The van der Waals surface area contributed by atoms with Gasteiger partial charge in [0.05, 0.1) is 32.6 Å². The number of aromatic nitrogens is 4. The molecule has 40 heavy (non-hydrogen) atoms. The number of benzene rings is 2. The molecule has 2 aromatic heterocycles. The van der Waals surface area contributed by atoms with Crippen molar-refractivity contribution in [3.8, 4) is 22.6 Å². The van der Waals surface area contributed by atoms with Gasteiger partial charge in [0.15, 0.2) is 5.78 Å². The zero-order valence-corrected chi connectivity index (χ0v) is 22.7. The largest absolute Gasteiger partial charge is 0.497 e. The predicted octanol–water partition coefficient (Wildman–Crippen LogP) is 4.51. The highest BCUT2D eigenvalue weighted by Crippen LogP contribution is 2.35. The first kappa shape index (κ1) is 26.4. The van der Waals surface area contributed by atoms with E-state index in [-0.39, 0.29) is 24.8 Å². The van der Waals surface area contributed by atoms with Crippen LogP contribution in [0, 0.1) is 0 Å². The fourth-order valence-electron chi connectivity index (χ4n) is 4.51. The molecule has 204 valence electrons. The third-order valence-electron chi connectivity index (χ3n) is 6.64. The Labute approximate surface area is 231 Å². The number of aryl methyl sites for hydroxylation is 1. The number of allylic oxidation sites excluding steroid dienone is 1. The number of anilines is 4. The second-order valence-corrected chi connectivity index (χ2v) is 9.29. The molecular weight excluding hydrogens is 510 g/mol. The predicted molar refractivity (Wildman–Crippen MR) is 152 cm³/mol. The number of nitrogens with zero attached hydrogens (tertiary/aromatic N) is 6.